The standard InChI is InChI=1S/C15H23NOS/c1-5-7-13(6-2)16-15(17)12-8-9-14(18-4)11(3)10-12/h8-10,13H,5-7H2,1-4H3,(H,16,17). The van der Waals surface area contributed by atoms with Crippen LogP contribution >= 0.6 is 11.8 Å². The molecule has 0 saturated carbocycles. The molecule has 1 atom stereocenters. The molecule has 1 aromatic rings. The maximum absolute atomic E-state index is 12.1. The smallest absolute Gasteiger partial charge is 0.251 e. The fraction of sp³-hybridized carbons (Fsp3) is 0.533. The van der Waals surface area contributed by atoms with Crippen molar-refractivity contribution in [1.29, 1.82) is 0 Å². The van der Waals surface area contributed by atoms with Crippen LogP contribution in [0.5, 0.6) is 0 Å². The van der Waals surface area contributed by atoms with Gasteiger partial charge in [0.15, 0.2) is 0 Å². The van der Waals surface area contributed by atoms with Gasteiger partial charge in [-0.3, -0.25) is 4.79 Å². The fourth-order valence-corrected chi connectivity index (χ4v) is 2.60. The number of thioether (sulfide) groups is 1. The predicted molar refractivity (Wildman–Crippen MR) is 79.4 cm³/mol. The first-order valence-corrected chi connectivity index (χ1v) is 7.80. The second-order valence-electron chi connectivity index (χ2n) is 4.55. The Hall–Kier alpha value is -0.960. The Kier molecular flexibility index (Phi) is 6.27. The maximum atomic E-state index is 12.1. The highest BCUT2D eigenvalue weighted by atomic mass is 32.2. The first-order valence-electron chi connectivity index (χ1n) is 6.57. The first-order chi connectivity index (χ1) is 8.62. The zero-order valence-electron chi connectivity index (χ0n) is 11.7. The van der Waals surface area contributed by atoms with Gasteiger partial charge in [0.2, 0.25) is 0 Å². The number of carbonyl (C=O) groups excluding carboxylic acids is 1. The minimum absolute atomic E-state index is 0.0473. The quantitative estimate of drug-likeness (QED) is 0.787. The molecule has 1 N–H and O–H groups in total. The van der Waals surface area contributed by atoms with E-state index in [0.717, 1.165) is 24.8 Å². The summed E-state index contributed by atoms with van der Waals surface area (Å²) in [6.45, 7) is 6.31. The SMILES string of the molecule is CCCC(CC)NC(=O)c1ccc(SC)c(C)c1. The number of benzene rings is 1. The summed E-state index contributed by atoms with van der Waals surface area (Å²) in [4.78, 5) is 13.4. The first kappa shape index (κ1) is 15.1. The molecule has 0 aromatic heterocycles. The number of hydrogen-bond donors (Lipinski definition) is 1. The van der Waals surface area contributed by atoms with Gasteiger partial charge in [-0.1, -0.05) is 20.3 Å². The molecular formula is C15H23NOS. The summed E-state index contributed by atoms with van der Waals surface area (Å²) in [6.07, 6.45) is 5.19. The Bertz CT molecular complexity index is 403. The molecule has 1 rings (SSSR count). The Morgan fingerprint density at radius 3 is 2.61 bits per heavy atom. The molecule has 0 fully saturated rings. The number of aryl methyl sites for hydroxylation is 1. The molecule has 1 aromatic carbocycles. The van der Waals surface area contributed by atoms with E-state index < -0.39 is 0 Å². The van der Waals surface area contributed by atoms with Crippen LogP contribution < -0.4 is 5.32 Å². The Labute approximate surface area is 115 Å². The second-order valence-corrected chi connectivity index (χ2v) is 5.40. The van der Waals surface area contributed by atoms with Gasteiger partial charge in [-0.2, -0.15) is 0 Å². The van der Waals surface area contributed by atoms with Crippen LogP contribution in [0.15, 0.2) is 23.1 Å². The van der Waals surface area contributed by atoms with Crippen molar-refractivity contribution in [2.75, 3.05) is 6.26 Å². The van der Waals surface area contributed by atoms with E-state index in [2.05, 4.69) is 25.4 Å². The van der Waals surface area contributed by atoms with Crippen molar-refractivity contribution in [3.63, 3.8) is 0 Å². The van der Waals surface area contributed by atoms with E-state index in [1.165, 1.54) is 10.5 Å². The molecule has 18 heavy (non-hydrogen) atoms. The van der Waals surface area contributed by atoms with Crippen molar-refractivity contribution in [3.05, 3.63) is 29.3 Å². The van der Waals surface area contributed by atoms with Gasteiger partial charge in [0.05, 0.1) is 0 Å². The van der Waals surface area contributed by atoms with E-state index in [4.69, 9.17) is 0 Å². The van der Waals surface area contributed by atoms with E-state index in [9.17, 15) is 4.79 Å². The maximum Gasteiger partial charge on any atom is 0.251 e. The van der Waals surface area contributed by atoms with Crippen LogP contribution in [-0.4, -0.2) is 18.2 Å². The Balaban J connectivity index is 2.74. The number of rotatable bonds is 6. The third kappa shape index (κ3) is 4.05. The van der Waals surface area contributed by atoms with Gasteiger partial charge < -0.3 is 5.32 Å². The minimum Gasteiger partial charge on any atom is -0.349 e. The van der Waals surface area contributed by atoms with E-state index in [0.29, 0.717) is 6.04 Å². The molecule has 100 valence electrons. The van der Waals surface area contributed by atoms with Crippen molar-refractivity contribution < 1.29 is 4.79 Å². The summed E-state index contributed by atoms with van der Waals surface area (Å²) >= 11 is 1.71. The average Bonchev–Trinajstić information content (AvgIpc) is 2.37. The molecule has 3 heteroatoms. The molecule has 2 nitrogen and oxygen atoms in total. The van der Waals surface area contributed by atoms with Gasteiger partial charge in [0.25, 0.3) is 5.91 Å². The third-order valence-electron chi connectivity index (χ3n) is 3.12. The van der Waals surface area contributed by atoms with Gasteiger partial charge in [-0.05, 0) is 49.8 Å². The Morgan fingerprint density at radius 2 is 2.11 bits per heavy atom. The lowest BCUT2D eigenvalue weighted by atomic mass is 10.1. The van der Waals surface area contributed by atoms with E-state index in [1.807, 2.05) is 25.1 Å². The number of nitrogens with one attached hydrogen (secondary N) is 1. The van der Waals surface area contributed by atoms with Gasteiger partial charge in [-0.15, -0.1) is 11.8 Å². The molecule has 0 aliphatic carbocycles. The summed E-state index contributed by atoms with van der Waals surface area (Å²) in [5.74, 6) is 0.0473. The Morgan fingerprint density at radius 1 is 1.39 bits per heavy atom. The zero-order chi connectivity index (χ0) is 13.5. The highest BCUT2D eigenvalue weighted by molar-refractivity contribution is 7.98. The topological polar surface area (TPSA) is 29.1 Å². The molecule has 0 aliphatic heterocycles. The lowest BCUT2D eigenvalue weighted by molar-refractivity contribution is 0.0933. The largest absolute Gasteiger partial charge is 0.349 e. The highest BCUT2D eigenvalue weighted by Crippen LogP contribution is 2.20. The van der Waals surface area contributed by atoms with Crippen LogP contribution in [0, 0.1) is 6.92 Å². The molecule has 0 bridgehead atoms. The van der Waals surface area contributed by atoms with Gasteiger partial charge in [0.1, 0.15) is 0 Å². The molecule has 0 spiro atoms. The van der Waals surface area contributed by atoms with E-state index >= 15 is 0 Å². The normalized spacial score (nSPS) is 12.2. The minimum atomic E-state index is 0.0473. The van der Waals surface area contributed by atoms with Crippen LogP contribution in [0.2, 0.25) is 0 Å². The molecule has 0 saturated heterocycles. The summed E-state index contributed by atoms with van der Waals surface area (Å²) in [5.41, 5.74) is 1.93. The van der Waals surface area contributed by atoms with Crippen molar-refractivity contribution in [2.24, 2.45) is 0 Å². The van der Waals surface area contributed by atoms with Crippen molar-refractivity contribution >= 4 is 17.7 Å². The summed E-state index contributed by atoms with van der Waals surface area (Å²) in [7, 11) is 0. The van der Waals surface area contributed by atoms with Crippen LogP contribution in [0.4, 0.5) is 0 Å². The lowest BCUT2D eigenvalue weighted by Crippen LogP contribution is -2.34. The summed E-state index contributed by atoms with van der Waals surface area (Å²) in [5, 5.41) is 3.10. The van der Waals surface area contributed by atoms with Crippen molar-refractivity contribution in [3.8, 4) is 0 Å². The van der Waals surface area contributed by atoms with Crippen molar-refractivity contribution in [2.45, 2.75) is 51.0 Å². The molecule has 0 radical (unpaired) electrons. The van der Waals surface area contributed by atoms with Crippen molar-refractivity contribution in [1.82, 2.24) is 5.32 Å². The molecule has 0 heterocycles. The van der Waals surface area contributed by atoms with E-state index in [-0.39, 0.29) is 5.91 Å². The summed E-state index contributed by atoms with van der Waals surface area (Å²) < 4.78 is 0. The molecular weight excluding hydrogens is 242 g/mol. The zero-order valence-corrected chi connectivity index (χ0v) is 12.6. The van der Waals surface area contributed by atoms with Gasteiger partial charge in [-0.25, -0.2) is 0 Å². The van der Waals surface area contributed by atoms with Gasteiger partial charge >= 0.3 is 0 Å². The van der Waals surface area contributed by atoms with Crippen LogP contribution in [0.3, 0.4) is 0 Å². The van der Waals surface area contributed by atoms with Crippen LogP contribution in [-0.2, 0) is 0 Å². The van der Waals surface area contributed by atoms with E-state index in [1.54, 1.807) is 11.8 Å². The third-order valence-corrected chi connectivity index (χ3v) is 4.02. The summed E-state index contributed by atoms with van der Waals surface area (Å²) in [6, 6.07) is 6.20. The predicted octanol–water partition coefficient (Wildman–Crippen LogP) is 4.03. The molecule has 1 unspecified atom stereocenters. The number of carbonyl (C=O) groups is 1. The van der Waals surface area contributed by atoms with Gasteiger partial charge in [0, 0.05) is 16.5 Å². The number of amides is 1. The lowest BCUT2D eigenvalue weighted by Gasteiger charge is -2.16. The second kappa shape index (κ2) is 7.47. The number of hydrogen-bond acceptors (Lipinski definition) is 2. The average molecular weight is 265 g/mol. The van der Waals surface area contributed by atoms with Crippen LogP contribution in [0.25, 0.3) is 0 Å². The molecule has 0 aliphatic rings. The fourth-order valence-electron chi connectivity index (χ4n) is 2.02. The monoisotopic (exact) mass is 265 g/mol. The molecule has 1 amide bonds. The van der Waals surface area contributed by atoms with Crippen LogP contribution in [0.1, 0.15) is 49.0 Å². The highest BCUT2D eigenvalue weighted by Gasteiger charge is 2.12.